The van der Waals surface area contributed by atoms with Crippen molar-refractivity contribution < 1.29 is 9.53 Å². The maximum absolute atomic E-state index is 12.4. The van der Waals surface area contributed by atoms with Crippen molar-refractivity contribution in [3.05, 3.63) is 97.0 Å². The lowest BCUT2D eigenvalue weighted by Crippen LogP contribution is -2.13. The highest BCUT2D eigenvalue weighted by atomic mass is 127. The van der Waals surface area contributed by atoms with Gasteiger partial charge in [0, 0.05) is 15.7 Å². The second kappa shape index (κ2) is 10.8. The van der Waals surface area contributed by atoms with Gasteiger partial charge in [0.1, 0.15) is 24.0 Å². The average Bonchev–Trinajstić information content (AvgIpc) is 2.78. The van der Waals surface area contributed by atoms with Gasteiger partial charge in [0.05, 0.1) is 15.2 Å². The topological polar surface area (TPSA) is 85.9 Å². The summed E-state index contributed by atoms with van der Waals surface area (Å²) in [6.45, 7) is 0.272. The summed E-state index contributed by atoms with van der Waals surface area (Å²) in [7, 11) is 0. The molecule has 0 aliphatic heterocycles. The van der Waals surface area contributed by atoms with E-state index in [1.54, 1.807) is 30.3 Å². The maximum atomic E-state index is 12.4. The summed E-state index contributed by atoms with van der Waals surface area (Å²) in [6, 6.07) is 23.9. The zero-order chi connectivity index (χ0) is 22.2. The van der Waals surface area contributed by atoms with Crippen LogP contribution in [0.15, 0.2) is 76.8 Å². The van der Waals surface area contributed by atoms with Gasteiger partial charge in [-0.2, -0.15) is 10.5 Å². The van der Waals surface area contributed by atoms with Crippen molar-refractivity contribution in [1.82, 2.24) is 0 Å². The molecule has 0 fully saturated rings. The van der Waals surface area contributed by atoms with E-state index in [4.69, 9.17) is 4.74 Å². The Morgan fingerprint density at radius 2 is 1.84 bits per heavy atom. The molecule has 5 nitrogen and oxygen atoms in total. The predicted molar refractivity (Wildman–Crippen MR) is 131 cm³/mol. The van der Waals surface area contributed by atoms with Crippen LogP contribution >= 0.6 is 38.5 Å². The van der Waals surface area contributed by atoms with Crippen LogP contribution in [0.1, 0.15) is 16.7 Å². The van der Waals surface area contributed by atoms with Crippen molar-refractivity contribution >= 4 is 56.2 Å². The van der Waals surface area contributed by atoms with Crippen LogP contribution in [0.4, 0.5) is 5.69 Å². The highest BCUT2D eigenvalue weighted by Gasteiger charge is 2.11. The molecule has 0 aromatic heterocycles. The molecule has 31 heavy (non-hydrogen) atoms. The van der Waals surface area contributed by atoms with Gasteiger partial charge in [-0.15, -0.1) is 0 Å². The first-order valence-electron chi connectivity index (χ1n) is 9.09. The van der Waals surface area contributed by atoms with Crippen LogP contribution in [0.3, 0.4) is 0 Å². The number of carbonyl (C=O) groups is 1. The summed E-state index contributed by atoms with van der Waals surface area (Å²) >= 11 is 5.48. The summed E-state index contributed by atoms with van der Waals surface area (Å²) < 4.78 is 7.58. The highest BCUT2D eigenvalue weighted by Crippen LogP contribution is 2.25. The number of nitrogens with one attached hydrogen (secondary N) is 1. The SMILES string of the molecule is N#C/C(=C/c1ccc(OCc2ccccc2C#N)c(I)c1)C(=O)Nc1ccc(Br)cc1. The van der Waals surface area contributed by atoms with E-state index >= 15 is 0 Å². The van der Waals surface area contributed by atoms with Crippen LogP contribution in [-0.2, 0) is 11.4 Å². The summed E-state index contributed by atoms with van der Waals surface area (Å²) in [5.41, 5.74) is 2.69. The Bertz CT molecular complexity index is 1220. The van der Waals surface area contributed by atoms with Gasteiger partial charge in [0.2, 0.25) is 0 Å². The van der Waals surface area contributed by atoms with Gasteiger partial charge in [0.25, 0.3) is 5.91 Å². The molecule has 0 saturated heterocycles. The first-order chi connectivity index (χ1) is 15.0. The summed E-state index contributed by atoms with van der Waals surface area (Å²) in [6.07, 6.45) is 1.53. The Labute approximate surface area is 202 Å². The molecule has 1 N–H and O–H groups in total. The summed E-state index contributed by atoms with van der Waals surface area (Å²) in [5, 5.41) is 21.3. The number of carbonyl (C=O) groups excluding carboxylic acids is 1. The van der Waals surface area contributed by atoms with E-state index in [1.165, 1.54) is 6.08 Å². The minimum atomic E-state index is -0.478. The number of amides is 1. The van der Waals surface area contributed by atoms with Crippen molar-refractivity contribution in [2.45, 2.75) is 6.61 Å². The highest BCUT2D eigenvalue weighted by molar-refractivity contribution is 14.1. The van der Waals surface area contributed by atoms with Crippen molar-refractivity contribution in [3.63, 3.8) is 0 Å². The van der Waals surface area contributed by atoms with Crippen LogP contribution in [0.25, 0.3) is 6.08 Å². The molecule has 0 unspecified atom stereocenters. The van der Waals surface area contributed by atoms with Crippen LogP contribution in [-0.4, -0.2) is 5.91 Å². The number of rotatable bonds is 6. The molecule has 0 radical (unpaired) electrons. The molecule has 0 heterocycles. The lowest BCUT2D eigenvalue weighted by atomic mass is 10.1. The van der Waals surface area contributed by atoms with E-state index in [0.29, 0.717) is 22.6 Å². The monoisotopic (exact) mass is 583 g/mol. The quantitative estimate of drug-likeness (QED) is 0.217. The van der Waals surface area contributed by atoms with E-state index in [0.717, 1.165) is 13.6 Å². The number of nitriles is 2. The number of ether oxygens (including phenoxy) is 1. The number of anilines is 1. The number of hydrogen-bond donors (Lipinski definition) is 1. The Balaban J connectivity index is 1.72. The number of benzene rings is 3. The average molecular weight is 584 g/mol. The molecule has 0 saturated carbocycles. The van der Waals surface area contributed by atoms with Crippen molar-refractivity contribution in [1.29, 1.82) is 10.5 Å². The van der Waals surface area contributed by atoms with Crippen LogP contribution in [0, 0.1) is 26.2 Å². The Morgan fingerprint density at radius 3 is 2.52 bits per heavy atom. The number of hydrogen-bond acceptors (Lipinski definition) is 4. The third-order valence-electron chi connectivity index (χ3n) is 4.26. The third kappa shape index (κ3) is 6.17. The molecule has 0 bridgehead atoms. The summed E-state index contributed by atoms with van der Waals surface area (Å²) in [4.78, 5) is 12.4. The van der Waals surface area contributed by atoms with E-state index in [-0.39, 0.29) is 12.2 Å². The van der Waals surface area contributed by atoms with Crippen LogP contribution in [0.5, 0.6) is 5.75 Å². The van der Waals surface area contributed by atoms with E-state index in [9.17, 15) is 15.3 Å². The molecular formula is C24H15BrIN3O2. The lowest BCUT2D eigenvalue weighted by molar-refractivity contribution is -0.112. The molecule has 0 atom stereocenters. The standard InChI is InChI=1S/C24H15BrIN3O2/c25-20-6-8-21(9-7-20)29-24(30)19(14-28)11-16-5-10-23(22(26)12-16)31-15-18-4-2-1-3-17(18)13-27/h1-12H,15H2,(H,29,30)/b19-11-. The fourth-order valence-electron chi connectivity index (χ4n) is 2.68. The third-order valence-corrected chi connectivity index (χ3v) is 5.63. The molecule has 0 aliphatic rings. The zero-order valence-electron chi connectivity index (χ0n) is 16.1. The van der Waals surface area contributed by atoms with Gasteiger partial charge in [-0.3, -0.25) is 4.79 Å². The smallest absolute Gasteiger partial charge is 0.266 e. The molecule has 3 aromatic carbocycles. The van der Waals surface area contributed by atoms with Crippen LogP contribution in [0.2, 0.25) is 0 Å². The van der Waals surface area contributed by atoms with Gasteiger partial charge >= 0.3 is 0 Å². The van der Waals surface area contributed by atoms with Gasteiger partial charge in [-0.1, -0.05) is 40.2 Å². The molecule has 3 aromatic rings. The number of nitrogens with zero attached hydrogens (tertiary/aromatic N) is 2. The minimum absolute atomic E-state index is 0.00432. The van der Waals surface area contributed by atoms with Crippen LogP contribution < -0.4 is 10.1 Å². The molecule has 1 amide bonds. The Morgan fingerprint density at radius 1 is 1.10 bits per heavy atom. The lowest BCUT2D eigenvalue weighted by Gasteiger charge is -2.10. The molecule has 152 valence electrons. The van der Waals surface area contributed by atoms with Gasteiger partial charge in [-0.25, -0.2) is 0 Å². The van der Waals surface area contributed by atoms with Gasteiger partial charge in [0.15, 0.2) is 0 Å². The van der Waals surface area contributed by atoms with Crippen molar-refractivity contribution in [2.75, 3.05) is 5.32 Å². The Hall–Kier alpha value is -3.14. The maximum Gasteiger partial charge on any atom is 0.266 e. The summed E-state index contributed by atoms with van der Waals surface area (Å²) in [5.74, 6) is 0.177. The molecule has 0 aliphatic carbocycles. The van der Waals surface area contributed by atoms with Crippen molar-refractivity contribution in [3.8, 4) is 17.9 Å². The van der Waals surface area contributed by atoms with Gasteiger partial charge < -0.3 is 10.1 Å². The van der Waals surface area contributed by atoms with E-state index in [2.05, 4.69) is 49.9 Å². The Kier molecular flexibility index (Phi) is 7.82. The molecular weight excluding hydrogens is 569 g/mol. The minimum Gasteiger partial charge on any atom is -0.488 e. The second-order valence-corrected chi connectivity index (χ2v) is 8.46. The normalized spacial score (nSPS) is 10.6. The van der Waals surface area contributed by atoms with Crippen molar-refractivity contribution in [2.24, 2.45) is 0 Å². The first-order valence-corrected chi connectivity index (χ1v) is 11.0. The fourth-order valence-corrected chi connectivity index (χ4v) is 3.64. The molecule has 0 spiro atoms. The number of halogens is 2. The van der Waals surface area contributed by atoms with E-state index in [1.807, 2.05) is 42.5 Å². The molecule has 7 heteroatoms. The second-order valence-electron chi connectivity index (χ2n) is 6.38. The zero-order valence-corrected chi connectivity index (χ0v) is 19.8. The largest absolute Gasteiger partial charge is 0.488 e. The molecule has 3 rings (SSSR count). The predicted octanol–water partition coefficient (Wildman–Crippen LogP) is 6.05. The van der Waals surface area contributed by atoms with Gasteiger partial charge in [-0.05, 0) is 76.7 Å². The van der Waals surface area contributed by atoms with E-state index < -0.39 is 5.91 Å². The fraction of sp³-hybridized carbons (Fsp3) is 0.0417. The first kappa shape index (κ1) is 22.5.